The largest absolute Gasteiger partial charge is 0.339 e. The zero-order valence-electron chi connectivity index (χ0n) is 11.4. The molecule has 20 heavy (non-hydrogen) atoms. The highest BCUT2D eigenvalue weighted by Gasteiger charge is 2.28. The maximum atomic E-state index is 13.6. The van der Waals surface area contributed by atoms with Crippen molar-refractivity contribution in [3.8, 4) is 0 Å². The Morgan fingerprint density at radius 1 is 1.35 bits per heavy atom. The van der Waals surface area contributed by atoms with Crippen molar-refractivity contribution in [1.82, 2.24) is 4.90 Å². The van der Waals surface area contributed by atoms with E-state index in [1.807, 2.05) is 0 Å². The Kier molecular flexibility index (Phi) is 5.06. The van der Waals surface area contributed by atoms with Gasteiger partial charge in [-0.25, -0.2) is 8.78 Å². The average Bonchev–Trinajstić information content (AvgIpc) is 2.37. The van der Waals surface area contributed by atoms with Gasteiger partial charge in [-0.15, -0.1) is 0 Å². The van der Waals surface area contributed by atoms with Gasteiger partial charge >= 0.3 is 0 Å². The fourth-order valence-electron chi connectivity index (χ4n) is 2.42. The van der Waals surface area contributed by atoms with Crippen molar-refractivity contribution in [1.29, 1.82) is 0 Å². The molecule has 0 aliphatic heterocycles. The molecule has 2 N–H and O–H groups in total. The molecule has 0 unspecified atom stereocenters. The van der Waals surface area contributed by atoms with Crippen molar-refractivity contribution in [3.05, 3.63) is 35.4 Å². The van der Waals surface area contributed by atoms with E-state index < -0.39 is 11.6 Å². The second kappa shape index (κ2) is 6.79. The highest BCUT2D eigenvalue weighted by molar-refractivity contribution is 5.79. The van der Waals surface area contributed by atoms with Crippen LogP contribution in [0, 0.1) is 11.6 Å². The Balaban J connectivity index is 2.05. The lowest BCUT2D eigenvalue weighted by atomic mass is 9.91. The molecule has 2 rings (SSSR count). The van der Waals surface area contributed by atoms with Crippen LogP contribution in [0.5, 0.6) is 0 Å². The first kappa shape index (κ1) is 14.9. The molecule has 1 aliphatic carbocycles. The van der Waals surface area contributed by atoms with Gasteiger partial charge < -0.3 is 10.6 Å². The van der Waals surface area contributed by atoms with Gasteiger partial charge in [0.25, 0.3) is 0 Å². The summed E-state index contributed by atoms with van der Waals surface area (Å²) < 4.78 is 26.8. The Hall–Kier alpha value is -1.49. The molecule has 110 valence electrons. The Morgan fingerprint density at radius 3 is 2.70 bits per heavy atom. The predicted octanol–water partition coefficient (Wildman–Crippen LogP) is 2.24. The smallest absolute Gasteiger partial charge is 0.227 e. The second-order valence-electron chi connectivity index (χ2n) is 5.20. The summed E-state index contributed by atoms with van der Waals surface area (Å²) in [6.07, 6.45) is 3.73. The summed E-state index contributed by atoms with van der Waals surface area (Å²) in [5.74, 6) is -1.98. The number of nitrogens with two attached hydrogens (primary N) is 1. The van der Waals surface area contributed by atoms with E-state index >= 15 is 0 Å². The molecule has 0 spiro atoms. The fourth-order valence-corrected chi connectivity index (χ4v) is 2.42. The van der Waals surface area contributed by atoms with Crippen molar-refractivity contribution >= 4 is 5.91 Å². The third-order valence-electron chi connectivity index (χ3n) is 3.81. The van der Waals surface area contributed by atoms with Crippen LogP contribution in [0.15, 0.2) is 18.2 Å². The highest BCUT2D eigenvalue weighted by atomic mass is 19.2. The lowest BCUT2D eigenvalue weighted by Gasteiger charge is -2.37. The van der Waals surface area contributed by atoms with Crippen molar-refractivity contribution in [2.24, 2.45) is 5.73 Å². The minimum absolute atomic E-state index is 0.0926. The predicted molar refractivity (Wildman–Crippen MR) is 73.1 cm³/mol. The summed E-state index contributed by atoms with van der Waals surface area (Å²) in [5.41, 5.74) is 5.60. The first-order valence-electron chi connectivity index (χ1n) is 7.06. The molecule has 1 aromatic carbocycles. The third-order valence-corrected chi connectivity index (χ3v) is 3.81. The summed E-state index contributed by atoms with van der Waals surface area (Å²) in [4.78, 5) is 14.1. The zero-order chi connectivity index (χ0) is 14.5. The minimum atomic E-state index is -0.923. The van der Waals surface area contributed by atoms with Crippen LogP contribution in [-0.4, -0.2) is 29.9 Å². The molecule has 0 bridgehead atoms. The normalized spacial score (nSPS) is 14.9. The maximum Gasteiger partial charge on any atom is 0.227 e. The summed E-state index contributed by atoms with van der Waals surface area (Å²) in [7, 11) is 0. The third kappa shape index (κ3) is 3.33. The van der Waals surface area contributed by atoms with E-state index in [0.717, 1.165) is 31.7 Å². The molecule has 0 aromatic heterocycles. The van der Waals surface area contributed by atoms with E-state index in [4.69, 9.17) is 5.73 Å². The SMILES string of the molecule is NCCCN(C(=O)Cc1cccc(F)c1F)C1CCC1. The topological polar surface area (TPSA) is 46.3 Å². The van der Waals surface area contributed by atoms with Gasteiger partial charge in [-0.3, -0.25) is 4.79 Å². The number of benzene rings is 1. The van der Waals surface area contributed by atoms with Crippen molar-refractivity contribution in [3.63, 3.8) is 0 Å². The Labute approximate surface area is 117 Å². The van der Waals surface area contributed by atoms with Gasteiger partial charge in [0.05, 0.1) is 6.42 Å². The van der Waals surface area contributed by atoms with Crippen LogP contribution in [0.2, 0.25) is 0 Å². The molecule has 0 radical (unpaired) electrons. The first-order valence-corrected chi connectivity index (χ1v) is 7.06. The molecule has 1 aliphatic rings. The van der Waals surface area contributed by atoms with Crippen molar-refractivity contribution < 1.29 is 13.6 Å². The molecular formula is C15H20F2N2O. The number of hydrogen-bond acceptors (Lipinski definition) is 2. The quantitative estimate of drug-likeness (QED) is 0.869. The summed E-state index contributed by atoms with van der Waals surface area (Å²) in [5, 5.41) is 0. The van der Waals surface area contributed by atoms with Crippen molar-refractivity contribution in [2.75, 3.05) is 13.1 Å². The van der Waals surface area contributed by atoms with Crippen LogP contribution < -0.4 is 5.73 Å². The number of halogens is 2. The number of carbonyl (C=O) groups is 1. The van der Waals surface area contributed by atoms with E-state index in [-0.39, 0.29) is 23.9 Å². The number of amides is 1. The van der Waals surface area contributed by atoms with Gasteiger partial charge in [-0.2, -0.15) is 0 Å². The standard InChI is InChI=1S/C15H20F2N2O/c16-13-7-1-4-11(15(13)17)10-14(20)19(9-3-8-18)12-5-2-6-12/h1,4,7,12H,2-3,5-6,8-10,18H2. The Morgan fingerprint density at radius 2 is 2.10 bits per heavy atom. The average molecular weight is 282 g/mol. The van der Waals surface area contributed by atoms with Crippen LogP contribution in [0.1, 0.15) is 31.2 Å². The highest BCUT2D eigenvalue weighted by Crippen LogP contribution is 2.26. The molecule has 3 nitrogen and oxygen atoms in total. The molecule has 1 aromatic rings. The maximum absolute atomic E-state index is 13.6. The van der Waals surface area contributed by atoms with E-state index in [2.05, 4.69) is 0 Å². The monoisotopic (exact) mass is 282 g/mol. The summed E-state index contributed by atoms with van der Waals surface area (Å²) in [6, 6.07) is 4.18. The van der Waals surface area contributed by atoms with Gasteiger partial charge in [0.2, 0.25) is 5.91 Å². The lowest BCUT2D eigenvalue weighted by molar-refractivity contribution is -0.134. The summed E-state index contributed by atoms with van der Waals surface area (Å²) >= 11 is 0. The molecule has 1 amide bonds. The fraction of sp³-hybridized carbons (Fsp3) is 0.533. The molecule has 1 saturated carbocycles. The molecule has 0 saturated heterocycles. The van der Waals surface area contributed by atoms with E-state index in [0.29, 0.717) is 13.1 Å². The molecular weight excluding hydrogens is 262 g/mol. The zero-order valence-corrected chi connectivity index (χ0v) is 11.4. The van der Waals surface area contributed by atoms with Gasteiger partial charge in [0, 0.05) is 18.2 Å². The Bertz CT molecular complexity index is 475. The van der Waals surface area contributed by atoms with Gasteiger partial charge in [0.1, 0.15) is 0 Å². The van der Waals surface area contributed by atoms with Gasteiger partial charge in [0.15, 0.2) is 11.6 Å². The van der Waals surface area contributed by atoms with E-state index in [1.54, 1.807) is 4.90 Å². The van der Waals surface area contributed by atoms with Crippen LogP contribution in [0.3, 0.4) is 0 Å². The van der Waals surface area contributed by atoms with Gasteiger partial charge in [-0.1, -0.05) is 12.1 Å². The van der Waals surface area contributed by atoms with Crippen LogP contribution in [0.25, 0.3) is 0 Å². The second-order valence-corrected chi connectivity index (χ2v) is 5.20. The van der Waals surface area contributed by atoms with Crippen LogP contribution >= 0.6 is 0 Å². The molecule has 5 heteroatoms. The van der Waals surface area contributed by atoms with E-state index in [1.165, 1.54) is 12.1 Å². The lowest BCUT2D eigenvalue weighted by Crippen LogP contribution is -2.45. The first-order chi connectivity index (χ1) is 9.63. The van der Waals surface area contributed by atoms with Gasteiger partial charge in [-0.05, 0) is 38.3 Å². The summed E-state index contributed by atoms with van der Waals surface area (Å²) in [6.45, 7) is 1.11. The number of nitrogens with zero attached hydrogens (tertiary/aromatic N) is 1. The molecule has 1 fully saturated rings. The molecule has 0 heterocycles. The number of carbonyl (C=O) groups excluding carboxylic acids is 1. The number of hydrogen-bond donors (Lipinski definition) is 1. The van der Waals surface area contributed by atoms with Crippen LogP contribution in [0.4, 0.5) is 8.78 Å². The van der Waals surface area contributed by atoms with E-state index in [9.17, 15) is 13.6 Å². The minimum Gasteiger partial charge on any atom is -0.339 e. The van der Waals surface area contributed by atoms with Crippen molar-refractivity contribution in [2.45, 2.75) is 38.1 Å². The molecule has 0 atom stereocenters. The number of rotatable bonds is 6. The van der Waals surface area contributed by atoms with Crippen LogP contribution in [-0.2, 0) is 11.2 Å².